The van der Waals surface area contributed by atoms with Gasteiger partial charge in [0.05, 0.1) is 9.77 Å². The first-order valence-corrected chi connectivity index (χ1v) is 5.67. The minimum atomic E-state index is -0.604. The van der Waals surface area contributed by atoms with Gasteiger partial charge in [-0.3, -0.25) is 0 Å². The molecule has 88 valence electrons. The van der Waals surface area contributed by atoms with Gasteiger partial charge in [0.15, 0.2) is 5.75 Å². The van der Waals surface area contributed by atoms with Crippen LogP contribution in [0.3, 0.4) is 0 Å². The first-order valence-electron chi connectivity index (χ1n) is 4.59. The maximum absolute atomic E-state index is 12.7. The van der Waals surface area contributed by atoms with E-state index in [0.717, 1.165) is 0 Å². The molecule has 1 amide bonds. The van der Waals surface area contributed by atoms with E-state index in [2.05, 4.69) is 10.3 Å². The number of aromatic nitrogens is 1. The molecule has 0 aliphatic heterocycles. The Labute approximate surface area is 107 Å². The van der Waals surface area contributed by atoms with Gasteiger partial charge in [0, 0.05) is 11.6 Å². The molecule has 0 saturated heterocycles. The molecule has 16 heavy (non-hydrogen) atoms. The van der Waals surface area contributed by atoms with Crippen molar-refractivity contribution in [2.45, 2.75) is 26.3 Å². The van der Waals surface area contributed by atoms with Crippen molar-refractivity contribution in [2.24, 2.45) is 0 Å². The summed E-state index contributed by atoms with van der Waals surface area (Å²) in [6.45, 7) is 5.51. The van der Waals surface area contributed by atoms with Crippen LogP contribution in [0.4, 0.5) is 9.18 Å². The molecule has 0 saturated carbocycles. The van der Waals surface area contributed by atoms with Gasteiger partial charge in [-0.1, -0.05) is 0 Å². The molecule has 0 bridgehead atoms. The molecule has 0 radical (unpaired) electrons. The molecular formula is C10H12FIN2O2. The second kappa shape index (κ2) is 4.94. The van der Waals surface area contributed by atoms with Crippen LogP contribution in [0, 0.1) is 9.52 Å². The Morgan fingerprint density at radius 1 is 1.56 bits per heavy atom. The molecule has 0 fully saturated rings. The van der Waals surface area contributed by atoms with Crippen molar-refractivity contribution in [1.82, 2.24) is 10.3 Å². The van der Waals surface area contributed by atoms with Crippen molar-refractivity contribution < 1.29 is 13.9 Å². The summed E-state index contributed by atoms with van der Waals surface area (Å²) in [6, 6.07) is 1.19. The topological polar surface area (TPSA) is 51.2 Å². The number of hydrogen-bond donors (Lipinski definition) is 1. The zero-order valence-electron chi connectivity index (χ0n) is 9.17. The van der Waals surface area contributed by atoms with Crippen LogP contribution in [0.1, 0.15) is 20.8 Å². The van der Waals surface area contributed by atoms with Crippen LogP contribution in [-0.2, 0) is 0 Å². The van der Waals surface area contributed by atoms with Gasteiger partial charge in [0.25, 0.3) is 0 Å². The largest absolute Gasteiger partial charge is 0.413 e. The number of nitrogens with one attached hydrogen (secondary N) is 1. The number of carbonyl (C=O) groups excluding carboxylic acids is 1. The third kappa shape index (κ3) is 4.30. The lowest BCUT2D eigenvalue weighted by Gasteiger charge is -2.19. The molecule has 0 atom stereocenters. The minimum absolute atomic E-state index is 0.240. The molecule has 0 unspecified atom stereocenters. The zero-order chi connectivity index (χ0) is 12.3. The molecule has 1 N–H and O–H groups in total. The number of ether oxygens (including phenoxy) is 1. The molecule has 4 nitrogen and oxygen atoms in total. The third-order valence-corrected chi connectivity index (χ3v) is 2.31. The highest BCUT2D eigenvalue weighted by Gasteiger charge is 2.16. The van der Waals surface area contributed by atoms with Crippen molar-refractivity contribution in [3.63, 3.8) is 0 Å². The maximum atomic E-state index is 12.7. The molecule has 1 heterocycles. The molecule has 0 aromatic carbocycles. The van der Waals surface area contributed by atoms with Gasteiger partial charge >= 0.3 is 6.09 Å². The van der Waals surface area contributed by atoms with Crippen LogP contribution in [0.2, 0.25) is 0 Å². The highest BCUT2D eigenvalue weighted by Crippen LogP contribution is 2.20. The summed E-state index contributed by atoms with van der Waals surface area (Å²) in [5.74, 6) is -0.364. The summed E-state index contributed by atoms with van der Waals surface area (Å²) < 4.78 is 18.2. The fraction of sp³-hybridized carbons (Fsp3) is 0.400. The average molecular weight is 338 g/mol. The van der Waals surface area contributed by atoms with Crippen molar-refractivity contribution in [1.29, 1.82) is 0 Å². The van der Waals surface area contributed by atoms with E-state index >= 15 is 0 Å². The summed E-state index contributed by atoms with van der Waals surface area (Å²) in [5.41, 5.74) is -0.379. The van der Waals surface area contributed by atoms with E-state index in [4.69, 9.17) is 4.74 Å². The van der Waals surface area contributed by atoms with E-state index in [1.165, 1.54) is 12.3 Å². The van der Waals surface area contributed by atoms with E-state index in [1.54, 1.807) is 0 Å². The normalized spacial score (nSPS) is 11.1. The molecule has 6 heteroatoms. The number of hydrogen-bond acceptors (Lipinski definition) is 3. The molecule has 1 aromatic rings. The Kier molecular flexibility index (Phi) is 4.06. The molecule has 0 spiro atoms. The standard InChI is InChI=1S/C10H12FIN2O2/c1-10(2,3)14-9(15)16-7-5-13-8(11)4-6(7)12/h4-5H,1-3H3,(H,14,15). The van der Waals surface area contributed by atoms with Gasteiger partial charge in [-0.25, -0.2) is 9.78 Å². The predicted molar refractivity (Wildman–Crippen MR) is 65.8 cm³/mol. The summed E-state index contributed by atoms with van der Waals surface area (Å²) in [6.07, 6.45) is 0.595. The van der Waals surface area contributed by atoms with Crippen LogP contribution < -0.4 is 10.1 Å². The van der Waals surface area contributed by atoms with E-state index in [9.17, 15) is 9.18 Å². The van der Waals surface area contributed by atoms with Crippen LogP contribution in [0.25, 0.3) is 0 Å². The highest BCUT2D eigenvalue weighted by atomic mass is 127. The first kappa shape index (κ1) is 13.1. The SMILES string of the molecule is CC(C)(C)NC(=O)Oc1cnc(F)cc1I. The number of pyridine rings is 1. The van der Waals surface area contributed by atoms with Gasteiger partial charge in [-0.2, -0.15) is 4.39 Å². The lowest BCUT2D eigenvalue weighted by atomic mass is 10.1. The van der Waals surface area contributed by atoms with E-state index in [0.29, 0.717) is 3.57 Å². The van der Waals surface area contributed by atoms with Gasteiger partial charge in [0.2, 0.25) is 5.95 Å². The van der Waals surface area contributed by atoms with E-state index in [1.807, 2.05) is 43.4 Å². The number of carbonyl (C=O) groups is 1. The van der Waals surface area contributed by atoms with Crippen molar-refractivity contribution in [2.75, 3.05) is 0 Å². The van der Waals surface area contributed by atoms with Crippen LogP contribution in [0.5, 0.6) is 5.75 Å². The average Bonchev–Trinajstić information content (AvgIpc) is 2.06. The van der Waals surface area contributed by atoms with Crippen LogP contribution in [-0.4, -0.2) is 16.6 Å². The van der Waals surface area contributed by atoms with Gasteiger partial charge in [0.1, 0.15) is 0 Å². The number of amides is 1. The van der Waals surface area contributed by atoms with Crippen LogP contribution >= 0.6 is 22.6 Å². The molecule has 0 aliphatic rings. The summed E-state index contributed by atoms with van der Waals surface area (Å²) >= 11 is 1.87. The van der Waals surface area contributed by atoms with Crippen molar-refractivity contribution in [3.05, 3.63) is 21.8 Å². The highest BCUT2D eigenvalue weighted by molar-refractivity contribution is 14.1. The Bertz CT molecular complexity index is 404. The summed E-state index contributed by atoms with van der Waals surface area (Å²) in [5, 5.41) is 2.62. The molecule has 1 rings (SSSR count). The van der Waals surface area contributed by atoms with Crippen LogP contribution in [0.15, 0.2) is 12.3 Å². The lowest BCUT2D eigenvalue weighted by Crippen LogP contribution is -2.42. The molecule has 1 aromatic heterocycles. The minimum Gasteiger partial charge on any atom is -0.408 e. The number of halogens is 2. The fourth-order valence-corrected chi connectivity index (χ4v) is 1.41. The summed E-state index contributed by atoms with van der Waals surface area (Å²) in [7, 11) is 0. The maximum Gasteiger partial charge on any atom is 0.413 e. The third-order valence-electron chi connectivity index (χ3n) is 1.47. The fourth-order valence-electron chi connectivity index (χ4n) is 0.902. The van der Waals surface area contributed by atoms with Gasteiger partial charge in [-0.15, -0.1) is 0 Å². The second-order valence-electron chi connectivity index (χ2n) is 4.20. The van der Waals surface area contributed by atoms with Gasteiger partial charge in [-0.05, 0) is 43.4 Å². The Hall–Kier alpha value is -0.920. The van der Waals surface area contributed by atoms with Crippen molar-refractivity contribution >= 4 is 28.7 Å². The number of nitrogens with zero attached hydrogens (tertiary/aromatic N) is 1. The Morgan fingerprint density at radius 2 is 2.19 bits per heavy atom. The van der Waals surface area contributed by atoms with Gasteiger partial charge < -0.3 is 10.1 Å². The van der Waals surface area contributed by atoms with E-state index in [-0.39, 0.29) is 11.3 Å². The quantitative estimate of drug-likeness (QED) is 0.633. The monoisotopic (exact) mass is 338 g/mol. The van der Waals surface area contributed by atoms with Crippen molar-refractivity contribution in [3.8, 4) is 5.75 Å². The Balaban J connectivity index is 2.70. The zero-order valence-corrected chi connectivity index (χ0v) is 11.3. The van der Waals surface area contributed by atoms with E-state index < -0.39 is 12.0 Å². The molecule has 0 aliphatic carbocycles. The Morgan fingerprint density at radius 3 is 2.69 bits per heavy atom. The second-order valence-corrected chi connectivity index (χ2v) is 5.36. The number of rotatable bonds is 1. The molecular weight excluding hydrogens is 326 g/mol. The first-order chi connectivity index (χ1) is 7.28. The summed E-state index contributed by atoms with van der Waals surface area (Å²) in [4.78, 5) is 14.8. The smallest absolute Gasteiger partial charge is 0.408 e. The lowest BCUT2D eigenvalue weighted by molar-refractivity contribution is 0.190. The predicted octanol–water partition coefficient (Wildman–Crippen LogP) is 2.71.